The minimum absolute atomic E-state index is 0.341. The van der Waals surface area contributed by atoms with Crippen molar-refractivity contribution >= 4 is 6.16 Å². The Morgan fingerprint density at radius 3 is 2.73 bits per heavy atom. The van der Waals surface area contributed by atoms with E-state index >= 15 is 0 Å². The van der Waals surface area contributed by atoms with Crippen LogP contribution < -0.4 is 5.48 Å². The highest BCUT2D eigenvalue weighted by molar-refractivity contribution is 5.59. The van der Waals surface area contributed by atoms with Crippen molar-refractivity contribution in [3.05, 3.63) is 0 Å². The Morgan fingerprint density at radius 1 is 1.64 bits per heavy atom. The summed E-state index contributed by atoms with van der Waals surface area (Å²) in [5.74, 6) is 0. The van der Waals surface area contributed by atoms with Crippen LogP contribution >= 0.6 is 0 Å². The van der Waals surface area contributed by atoms with Gasteiger partial charge in [0.05, 0.1) is 7.11 Å². The van der Waals surface area contributed by atoms with Gasteiger partial charge in [-0.15, -0.1) is 5.48 Å². The van der Waals surface area contributed by atoms with E-state index in [0.717, 1.165) is 0 Å². The third kappa shape index (κ3) is 2.76. The molecule has 1 aliphatic rings. The molecule has 11 heavy (non-hydrogen) atoms. The van der Waals surface area contributed by atoms with E-state index in [2.05, 4.69) is 22.0 Å². The van der Waals surface area contributed by atoms with E-state index in [-0.39, 0.29) is 0 Å². The summed E-state index contributed by atoms with van der Waals surface area (Å²) in [6.07, 6.45) is 1.71. The maximum absolute atomic E-state index is 10.4. The van der Waals surface area contributed by atoms with Crippen LogP contribution in [0.15, 0.2) is 0 Å². The number of rotatable bonds is 3. The predicted octanol–water partition coefficient (Wildman–Crippen LogP) is 1.07. The number of hydrogen-bond donors (Lipinski definition) is 1. The molecule has 0 heterocycles. The molecule has 4 nitrogen and oxygen atoms in total. The predicted molar refractivity (Wildman–Crippen MR) is 38.8 cm³/mol. The Bertz CT molecular complexity index is 154. The first-order valence-electron chi connectivity index (χ1n) is 3.64. The number of ether oxygens (including phenoxy) is 1. The fourth-order valence-corrected chi connectivity index (χ4v) is 0.701. The monoisotopic (exact) mass is 159 g/mol. The molecule has 0 spiro atoms. The van der Waals surface area contributed by atoms with Gasteiger partial charge in [0.25, 0.3) is 0 Å². The average molecular weight is 159 g/mol. The summed E-state index contributed by atoms with van der Waals surface area (Å²) in [4.78, 5) is 14.9. The molecule has 0 aliphatic heterocycles. The van der Waals surface area contributed by atoms with Crippen LogP contribution in [0.5, 0.6) is 0 Å². The van der Waals surface area contributed by atoms with Crippen LogP contribution in [0.3, 0.4) is 0 Å². The number of carbonyl (C=O) groups excluding carboxylic acids is 1. The molecule has 4 heteroatoms. The lowest BCUT2D eigenvalue weighted by Gasteiger charge is -2.08. The highest BCUT2D eigenvalue weighted by Gasteiger charge is 2.37. The summed E-state index contributed by atoms with van der Waals surface area (Å²) < 4.78 is 4.26. The second kappa shape index (κ2) is 3.09. The maximum Gasteiger partial charge on any atom is 0.527 e. The van der Waals surface area contributed by atoms with E-state index in [1.165, 1.54) is 20.0 Å². The van der Waals surface area contributed by atoms with Crippen LogP contribution in [0.4, 0.5) is 4.79 Å². The van der Waals surface area contributed by atoms with Crippen molar-refractivity contribution in [2.24, 2.45) is 5.41 Å². The highest BCUT2D eigenvalue weighted by atomic mass is 16.8. The minimum Gasteiger partial charge on any atom is -0.436 e. The third-order valence-corrected chi connectivity index (χ3v) is 1.92. The average Bonchev–Trinajstić information content (AvgIpc) is 2.68. The van der Waals surface area contributed by atoms with E-state index in [0.29, 0.717) is 12.0 Å². The molecule has 0 bridgehead atoms. The van der Waals surface area contributed by atoms with Crippen molar-refractivity contribution in [2.45, 2.75) is 19.8 Å². The normalized spacial score (nSPS) is 19.1. The Kier molecular flexibility index (Phi) is 2.34. The lowest BCUT2D eigenvalue weighted by Crippen LogP contribution is -2.25. The molecular weight excluding hydrogens is 146 g/mol. The zero-order chi connectivity index (χ0) is 8.32. The Balaban J connectivity index is 2.00. The Morgan fingerprint density at radius 2 is 2.27 bits per heavy atom. The molecule has 0 saturated heterocycles. The molecule has 0 aromatic rings. The molecule has 1 aliphatic carbocycles. The van der Waals surface area contributed by atoms with E-state index in [1.54, 1.807) is 0 Å². The van der Waals surface area contributed by atoms with Gasteiger partial charge in [-0.05, 0) is 18.3 Å². The van der Waals surface area contributed by atoms with Crippen LogP contribution in [0.1, 0.15) is 19.8 Å². The van der Waals surface area contributed by atoms with Crippen LogP contribution in [-0.4, -0.2) is 19.8 Å². The van der Waals surface area contributed by atoms with Crippen molar-refractivity contribution in [1.29, 1.82) is 0 Å². The minimum atomic E-state index is -0.686. The molecule has 0 unspecified atom stereocenters. The van der Waals surface area contributed by atoms with E-state index in [4.69, 9.17) is 0 Å². The number of hydroxylamine groups is 1. The van der Waals surface area contributed by atoms with Crippen molar-refractivity contribution in [3.63, 3.8) is 0 Å². The molecule has 0 amide bonds. The van der Waals surface area contributed by atoms with Gasteiger partial charge in [0.2, 0.25) is 0 Å². The zero-order valence-electron chi connectivity index (χ0n) is 6.85. The van der Waals surface area contributed by atoms with Crippen LogP contribution in [-0.2, 0) is 9.57 Å². The molecule has 0 aromatic carbocycles. The maximum atomic E-state index is 10.4. The molecule has 64 valence electrons. The number of hydrogen-bond acceptors (Lipinski definition) is 4. The number of nitrogens with one attached hydrogen (secondary N) is 1. The van der Waals surface area contributed by atoms with Gasteiger partial charge in [-0.3, -0.25) is 0 Å². The Labute approximate surface area is 65.8 Å². The lowest BCUT2D eigenvalue weighted by molar-refractivity contribution is 0.0243. The van der Waals surface area contributed by atoms with Gasteiger partial charge in [-0.2, -0.15) is 0 Å². The summed E-state index contributed by atoms with van der Waals surface area (Å²) in [5.41, 5.74) is 2.91. The Hall–Kier alpha value is -0.770. The fourth-order valence-electron chi connectivity index (χ4n) is 0.701. The summed E-state index contributed by atoms with van der Waals surface area (Å²) in [6, 6.07) is 0. The summed E-state index contributed by atoms with van der Waals surface area (Å²) >= 11 is 0. The van der Waals surface area contributed by atoms with E-state index < -0.39 is 6.16 Å². The smallest absolute Gasteiger partial charge is 0.436 e. The second-order valence-corrected chi connectivity index (χ2v) is 3.19. The van der Waals surface area contributed by atoms with Crippen molar-refractivity contribution in [1.82, 2.24) is 5.48 Å². The van der Waals surface area contributed by atoms with Crippen LogP contribution in [0.2, 0.25) is 0 Å². The largest absolute Gasteiger partial charge is 0.527 e. The molecule has 1 saturated carbocycles. The molecule has 0 aromatic heterocycles. The molecule has 1 rings (SSSR count). The van der Waals surface area contributed by atoms with Crippen molar-refractivity contribution in [2.75, 3.05) is 13.7 Å². The first kappa shape index (κ1) is 8.33. The summed E-state index contributed by atoms with van der Waals surface area (Å²) in [6.45, 7) is 2.85. The molecule has 1 N–H and O–H groups in total. The summed E-state index contributed by atoms with van der Waals surface area (Å²) in [5, 5.41) is 0. The second-order valence-electron chi connectivity index (χ2n) is 3.19. The van der Waals surface area contributed by atoms with Crippen molar-refractivity contribution < 1.29 is 14.4 Å². The molecule has 1 fully saturated rings. The first-order valence-corrected chi connectivity index (χ1v) is 3.64. The standard InChI is InChI=1S/C7H13NO3/c1-7(3-4-7)5-8-11-6(9)10-2/h8H,3-5H2,1-2H3. The van der Waals surface area contributed by atoms with Gasteiger partial charge < -0.3 is 9.57 Å². The lowest BCUT2D eigenvalue weighted by atomic mass is 10.1. The van der Waals surface area contributed by atoms with Crippen LogP contribution in [0, 0.1) is 5.41 Å². The zero-order valence-corrected chi connectivity index (χ0v) is 6.85. The van der Waals surface area contributed by atoms with Gasteiger partial charge in [-0.25, -0.2) is 4.79 Å². The third-order valence-electron chi connectivity index (χ3n) is 1.92. The van der Waals surface area contributed by atoms with Gasteiger partial charge >= 0.3 is 6.16 Å². The van der Waals surface area contributed by atoms with Gasteiger partial charge in [0, 0.05) is 6.54 Å². The fraction of sp³-hybridized carbons (Fsp3) is 0.857. The molecule has 0 atom stereocenters. The van der Waals surface area contributed by atoms with Crippen molar-refractivity contribution in [3.8, 4) is 0 Å². The number of methoxy groups -OCH3 is 1. The topological polar surface area (TPSA) is 47.6 Å². The van der Waals surface area contributed by atoms with Gasteiger partial charge in [0.1, 0.15) is 0 Å². The first-order chi connectivity index (χ1) is 5.16. The van der Waals surface area contributed by atoms with Gasteiger partial charge in [-0.1, -0.05) is 6.92 Å². The quantitative estimate of drug-likeness (QED) is 0.494. The summed E-state index contributed by atoms with van der Waals surface area (Å²) in [7, 11) is 1.28. The molecule has 0 radical (unpaired) electrons. The molecular formula is C7H13NO3. The van der Waals surface area contributed by atoms with E-state index in [9.17, 15) is 4.79 Å². The van der Waals surface area contributed by atoms with Gasteiger partial charge in [0.15, 0.2) is 0 Å². The van der Waals surface area contributed by atoms with E-state index in [1.807, 2.05) is 0 Å². The number of carbonyl (C=O) groups is 1. The van der Waals surface area contributed by atoms with Crippen LogP contribution in [0.25, 0.3) is 0 Å². The highest BCUT2D eigenvalue weighted by Crippen LogP contribution is 2.43. The SMILES string of the molecule is COC(=O)ONCC1(C)CC1.